The predicted molar refractivity (Wildman–Crippen MR) is 190 cm³/mol. The Labute approximate surface area is 300 Å². The maximum atomic E-state index is 6.65. The highest BCUT2D eigenvalue weighted by Crippen LogP contribution is 2.41. The van der Waals surface area contributed by atoms with Crippen molar-refractivity contribution in [3.8, 4) is 45.9 Å². The number of ether oxygens (including phenoxy) is 7. The van der Waals surface area contributed by atoms with Gasteiger partial charge in [0.1, 0.15) is 17.2 Å². The molecule has 1 saturated heterocycles. The monoisotopic (exact) mass is 723 g/mol. The average Bonchev–Trinajstić information content (AvgIpc) is 3.64. The molecule has 1 aliphatic heterocycles. The third-order valence-electron chi connectivity index (χ3n) is 8.84. The second-order valence-electron chi connectivity index (χ2n) is 11.6. The van der Waals surface area contributed by atoms with Gasteiger partial charge in [-0.05, 0) is 42.3 Å². The van der Waals surface area contributed by atoms with E-state index in [4.69, 9.17) is 60.9 Å². The molecule has 2 unspecified atom stereocenters. The van der Waals surface area contributed by atoms with Crippen molar-refractivity contribution < 1.29 is 37.7 Å². The van der Waals surface area contributed by atoms with E-state index in [9.17, 15) is 0 Å². The van der Waals surface area contributed by atoms with E-state index in [1.807, 2.05) is 47.4 Å². The van der Waals surface area contributed by atoms with Crippen LogP contribution in [0.1, 0.15) is 29.4 Å². The van der Waals surface area contributed by atoms with E-state index < -0.39 is 4.96 Å². The van der Waals surface area contributed by atoms with Crippen molar-refractivity contribution in [1.29, 1.82) is 0 Å². The molecule has 0 bridgehead atoms. The lowest BCUT2D eigenvalue weighted by molar-refractivity contribution is -0.0231. The lowest BCUT2D eigenvalue weighted by Crippen LogP contribution is -2.45. The normalized spacial score (nSPS) is 16.4. The van der Waals surface area contributed by atoms with Crippen molar-refractivity contribution in [2.45, 2.75) is 36.6 Å². The number of nitrogens with zero attached hydrogens (tertiary/aromatic N) is 3. The summed E-state index contributed by atoms with van der Waals surface area (Å²) in [5.41, 5.74) is 2.66. The molecule has 0 radical (unpaired) electrons. The maximum Gasteiger partial charge on any atom is 0.264 e. The van der Waals surface area contributed by atoms with Crippen molar-refractivity contribution in [2.75, 3.05) is 48.6 Å². The first-order valence-corrected chi connectivity index (χ1v) is 16.9. The number of alkyl halides is 2. The molecular weight excluding hydrogens is 685 g/mol. The van der Waals surface area contributed by atoms with Crippen LogP contribution in [0.5, 0.6) is 34.5 Å². The first kappa shape index (κ1) is 35.4. The van der Waals surface area contributed by atoms with Crippen LogP contribution in [0.3, 0.4) is 0 Å². The molecule has 1 aromatic heterocycles. The molecule has 1 aliphatic rings. The quantitative estimate of drug-likeness (QED) is 0.0833. The third-order valence-corrected chi connectivity index (χ3v) is 9.39. The number of hydrogen-bond donors (Lipinski definition) is 0. The summed E-state index contributed by atoms with van der Waals surface area (Å²) in [5, 5.41) is 6.05. The highest BCUT2D eigenvalue weighted by Gasteiger charge is 2.33. The number of methoxy groups -OCH3 is 5. The zero-order chi connectivity index (χ0) is 35.2. The van der Waals surface area contributed by atoms with Crippen molar-refractivity contribution in [1.82, 2.24) is 15.0 Å². The Morgan fingerprint density at radius 2 is 1.48 bits per heavy atom. The fourth-order valence-corrected chi connectivity index (χ4v) is 6.70. The molecule has 0 saturated carbocycles. The summed E-state index contributed by atoms with van der Waals surface area (Å²) >= 11 is 12.6. The van der Waals surface area contributed by atoms with Gasteiger partial charge < -0.3 is 37.7 Å². The van der Waals surface area contributed by atoms with Crippen LogP contribution in [0, 0.1) is 0 Å². The number of hydrogen-bond acceptors (Lipinski definition) is 11. The van der Waals surface area contributed by atoms with Gasteiger partial charge in [0.25, 0.3) is 5.89 Å². The summed E-state index contributed by atoms with van der Waals surface area (Å²) < 4.78 is 46.0. The topological polar surface area (TPSA) is 107 Å². The van der Waals surface area contributed by atoms with Crippen LogP contribution in [0.2, 0.25) is 0 Å². The molecule has 0 aliphatic carbocycles. The molecule has 0 N–H and O–H groups in total. The number of piperidine rings is 1. The number of halogens is 2. The summed E-state index contributed by atoms with van der Waals surface area (Å²) in [7, 11) is 7.98. The Hall–Kier alpha value is -4.42. The molecule has 1 fully saturated rings. The van der Waals surface area contributed by atoms with Gasteiger partial charge in [0.15, 0.2) is 23.1 Å². The Bertz CT molecular complexity index is 1880. The summed E-state index contributed by atoms with van der Waals surface area (Å²) in [4.78, 5) is 5.87. The number of fused-ring (bicyclic) bond motifs is 1. The van der Waals surface area contributed by atoms with E-state index in [1.54, 1.807) is 47.7 Å². The van der Waals surface area contributed by atoms with Crippen LogP contribution >= 0.6 is 23.2 Å². The van der Waals surface area contributed by atoms with E-state index in [-0.39, 0.29) is 18.6 Å². The molecule has 6 rings (SSSR count). The fourth-order valence-electron chi connectivity index (χ4n) is 6.35. The SMILES string of the molecule is COc1cc(-c2noc(COc3ccc(C4CCN(C(Cl)Cl)CC4OCc4cc(OC)c5ccccc5c4OC)cc3)n2)cc(OC)c1OC. The van der Waals surface area contributed by atoms with Gasteiger partial charge in [0.2, 0.25) is 11.6 Å². The molecule has 5 aromatic rings. The fraction of sp³-hybridized carbons (Fsp3) is 0.351. The predicted octanol–water partition coefficient (Wildman–Crippen LogP) is 7.65. The molecule has 2 atom stereocenters. The van der Waals surface area contributed by atoms with Crippen LogP contribution < -0.4 is 28.4 Å². The summed E-state index contributed by atoms with van der Waals surface area (Å²) in [5.74, 6) is 4.41. The molecule has 0 spiro atoms. The van der Waals surface area contributed by atoms with Gasteiger partial charge >= 0.3 is 0 Å². The summed E-state index contributed by atoms with van der Waals surface area (Å²) in [6.45, 7) is 1.71. The lowest BCUT2D eigenvalue weighted by Gasteiger charge is -2.39. The van der Waals surface area contributed by atoms with Gasteiger partial charge in [-0.2, -0.15) is 4.98 Å². The highest BCUT2D eigenvalue weighted by molar-refractivity contribution is 6.43. The third kappa shape index (κ3) is 7.51. The van der Waals surface area contributed by atoms with Gasteiger partial charge in [-0.1, -0.05) is 64.8 Å². The number of rotatable bonds is 14. The zero-order valence-electron chi connectivity index (χ0n) is 28.5. The van der Waals surface area contributed by atoms with Crippen LogP contribution in [0.15, 0.2) is 71.3 Å². The van der Waals surface area contributed by atoms with Gasteiger partial charge in [0, 0.05) is 40.9 Å². The minimum Gasteiger partial charge on any atom is -0.496 e. The first-order chi connectivity index (χ1) is 24.4. The minimum absolute atomic E-state index is 0.0881. The number of benzene rings is 4. The van der Waals surface area contributed by atoms with E-state index in [0.29, 0.717) is 53.4 Å². The standard InChI is InChI=1S/C37H39Cl2N3O8/c1-43-29-18-24(34(46-4)28-9-7-6-8-27(28)29)20-49-32-19-42(37(38)39)15-14-26(32)22-10-12-25(13-11-22)48-21-33-40-36(41-50-33)23-16-30(44-2)35(47-5)31(17-23)45-3/h6-13,16-18,26,32,37H,14-15,19-21H2,1-5H3. The highest BCUT2D eigenvalue weighted by atomic mass is 35.5. The second kappa shape index (κ2) is 16.1. The molecule has 13 heteroatoms. The van der Waals surface area contributed by atoms with Crippen LogP contribution in [-0.2, 0) is 18.0 Å². The van der Waals surface area contributed by atoms with Gasteiger partial charge in [-0.15, -0.1) is 0 Å². The Balaban J connectivity index is 1.15. The largest absolute Gasteiger partial charge is 0.496 e. The van der Waals surface area contributed by atoms with Crippen molar-refractivity contribution in [3.05, 3.63) is 83.7 Å². The van der Waals surface area contributed by atoms with Crippen LogP contribution in [0.25, 0.3) is 22.2 Å². The van der Waals surface area contributed by atoms with Gasteiger partial charge in [-0.3, -0.25) is 4.90 Å². The molecular formula is C37H39Cl2N3O8. The van der Waals surface area contributed by atoms with Gasteiger partial charge in [-0.25, -0.2) is 0 Å². The summed E-state index contributed by atoms with van der Waals surface area (Å²) in [6, 6.07) is 21.5. The minimum atomic E-state index is -0.632. The smallest absolute Gasteiger partial charge is 0.264 e. The second-order valence-corrected chi connectivity index (χ2v) is 12.7. The van der Waals surface area contributed by atoms with Crippen LogP contribution in [-0.4, -0.2) is 74.7 Å². The Morgan fingerprint density at radius 3 is 2.12 bits per heavy atom. The molecule has 2 heterocycles. The molecule has 264 valence electrons. The van der Waals surface area contributed by atoms with Crippen molar-refractivity contribution in [3.63, 3.8) is 0 Å². The molecule has 4 aromatic carbocycles. The van der Waals surface area contributed by atoms with Crippen LogP contribution in [0.4, 0.5) is 0 Å². The van der Waals surface area contributed by atoms with Crippen molar-refractivity contribution >= 4 is 34.0 Å². The Kier molecular flexibility index (Phi) is 11.4. The van der Waals surface area contributed by atoms with E-state index in [2.05, 4.69) is 22.3 Å². The summed E-state index contributed by atoms with van der Waals surface area (Å²) in [6.07, 6.45) is 0.620. The lowest BCUT2D eigenvalue weighted by atomic mass is 9.87. The van der Waals surface area contributed by atoms with E-state index in [0.717, 1.165) is 46.4 Å². The van der Waals surface area contributed by atoms with E-state index >= 15 is 0 Å². The van der Waals surface area contributed by atoms with Gasteiger partial charge in [0.05, 0.1) is 48.3 Å². The van der Waals surface area contributed by atoms with Crippen molar-refractivity contribution in [2.24, 2.45) is 0 Å². The zero-order valence-corrected chi connectivity index (χ0v) is 30.0. The number of aromatic nitrogens is 2. The molecule has 11 nitrogen and oxygen atoms in total. The Morgan fingerprint density at radius 1 is 0.800 bits per heavy atom. The molecule has 0 amide bonds. The van der Waals surface area contributed by atoms with E-state index in [1.165, 1.54) is 0 Å². The number of likely N-dealkylation sites (tertiary alicyclic amines) is 1. The first-order valence-electron chi connectivity index (χ1n) is 16.0. The average molecular weight is 725 g/mol. The molecule has 50 heavy (non-hydrogen) atoms. The maximum absolute atomic E-state index is 6.65.